The Morgan fingerprint density at radius 1 is 1.28 bits per heavy atom. The van der Waals surface area contributed by atoms with Gasteiger partial charge in [-0.3, -0.25) is 14.5 Å². The van der Waals surface area contributed by atoms with E-state index < -0.39 is 12.1 Å². The molecule has 96 valence electrons. The molecule has 1 aliphatic rings. The monoisotopic (exact) mass is 250 g/mol. The molecule has 1 heterocycles. The molecule has 1 saturated heterocycles. The fraction of sp³-hybridized carbons (Fsp3) is 0.385. The van der Waals surface area contributed by atoms with Crippen molar-refractivity contribution in [3.8, 4) is 0 Å². The van der Waals surface area contributed by atoms with E-state index in [2.05, 4.69) is 5.32 Å². The minimum absolute atomic E-state index is 0.172. The van der Waals surface area contributed by atoms with Crippen LogP contribution in [0.3, 0.4) is 0 Å². The number of benzene rings is 1. The van der Waals surface area contributed by atoms with Crippen LogP contribution in [0.2, 0.25) is 0 Å². The molecule has 1 aromatic carbocycles. The minimum Gasteiger partial charge on any atom is -0.343 e. The number of nitrogens with zero attached hydrogens (tertiary/aromatic N) is 1. The predicted molar refractivity (Wildman–Crippen MR) is 65.6 cm³/mol. The Balaban J connectivity index is 2.39. The van der Waals surface area contributed by atoms with Gasteiger partial charge in [0.25, 0.3) is 0 Å². The lowest BCUT2D eigenvalue weighted by Crippen LogP contribution is -2.62. The summed E-state index contributed by atoms with van der Waals surface area (Å²) in [5.74, 6) is -0.712. The Hall–Kier alpha value is -1.91. The molecule has 0 bridgehead atoms. The largest absolute Gasteiger partial charge is 0.343 e. The van der Waals surface area contributed by atoms with E-state index in [-0.39, 0.29) is 17.6 Å². The molecule has 0 aromatic heterocycles. The average Bonchev–Trinajstić information content (AvgIpc) is 2.35. The lowest BCUT2D eigenvalue weighted by atomic mass is 10.0. The van der Waals surface area contributed by atoms with Gasteiger partial charge in [0.05, 0.1) is 0 Å². The summed E-state index contributed by atoms with van der Waals surface area (Å²) in [6, 6.07) is 4.52. The molecule has 5 heteroatoms. The van der Waals surface area contributed by atoms with E-state index in [9.17, 15) is 14.0 Å². The smallest absolute Gasteiger partial charge is 0.250 e. The first-order valence-corrected chi connectivity index (χ1v) is 5.93. The third kappa shape index (κ3) is 2.08. The second-order valence-corrected chi connectivity index (χ2v) is 4.34. The third-order valence-corrected chi connectivity index (χ3v) is 3.07. The number of carbonyl (C=O) groups excluding carboxylic acids is 2. The van der Waals surface area contributed by atoms with E-state index in [0.717, 1.165) is 0 Å². The summed E-state index contributed by atoms with van der Waals surface area (Å²) >= 11 is 0. The van der Waals surface area contributed by atoms with E-state index in [1.807, 2.05) is 6.92 Å². The van der Waals surface area contributed by atoms with E-state index in [1.165, 1.54) is 29.2 Å². The highest BCUT2D eigenvalue weighted by Crippen LogP contribution is 2.23. The maximum atomic E-state index is 12.9. The van der Waals surface area contributed by atoms with Crippen molar-refractivity contribution in [1.29, 1.82) is 0 Å². The van der Waals surface area contributed by atoms with Gasteiger partial charge in [-0.1, -0.05) is 6.92 Å². The van der Waals surface area contributed by atoms with Crippen LogP contribution in [0.5, 0.6) is 0 Å². The van der Waals surface area contributed by atoms with Gasteiger partial charge in [-0.15, -0.1) is 0 Å². The van der Waals surface area contributed by atoms with Crippen LogP contribution in [0.25, 0.3) is 0 Å². The molecule has 2 amide bonds. The first-order chi connectivity index (χ1) is 8.54. The van der Waals surface area contributed by atoms with Crippen molar-refractivity contribution in [2.45, 2.75) is 32.4 Å². The molecule has 1 fully saturated rings. The van der Waals surface area contributed by atoms with Crippen LogP contribution in [0.4, 0.5) is 10.1 Å². The second-order valence-electron chi connectivity index (χ2n) is 4.34. The predicted octanol–water partition coefficient (Wildman–Crippen LogP) is 1.46. The van der Waals surface area contributed by atoms with Gasteiger partial charge in [0.1, 0.15) is 17.9 Å². The Morgan fingerprint density at radius 2 is 1.89 bits per heavy atom. The molecule has 1 aliphatic heterocycles. The summed E-state index contributed by atoms with van der Waals surface area (Å²) in [5.41, 5.74) is 0.551. The molecule has 1 N–H and O–H groups in total. The molecule has 0 aliphatic carbocycles. The molecule has 2 unspecified atom stereocenters. The van der Waals surface area contributed by atoms with E-state index in [4.69, 9.17) is 0 Å². The normalized spacial score (nSPS) is 24.1. The number of hydrogen-bond acceptors (Lipinski definition) is 2. The zero-order valence-electron chi connectivity index (χ0n) is 10.3. The Labute approximate surface area is 105 Å². The maximum Gasteiger partial charge on any atom is 0.250 e. The Bertz CT molecular complexity index is 472. The molecular weight excluding hydrogens is 235 g/mol. The van der Waals surface area contributed by atoms with Crippen LogP contribution in [-0.4, -0.2) is 23.9 Å². The number of piperazine rings is 1. The van der Waals surface area contributed by atoms with Gasteiger partial charge in [0.2, 0.25) is 11.8 Å². The van der Waals surface area contributed by atoms with E-state index in [1.54, 1.807) is 6.92 Å². The van der Waals surface area contributed by atoms with Crippen LogP contribution in [0, 0.1) is 5.82 Å². The van der Waals surface area contributed by atoms with Gasteiger partial charge in [0.15, 0.2) is 0 Å². The van der Waals surface area contributed by atoms with Crippen molar-refractivity contribution >= 4 is 17.5 Å². The highest BCUT2D eigenvalue weighted by atomic mass is 19.1. The topological polar surface area (TPSA) is 49.4 Å². The summed E-state index contributed by atoms with van der Waals surface area (Å²) in [6.07, 6.45) is 0.516. The zero-order valence-corrected chi connectivity index (χ0v) is 10.3. The van der Waals surface area contributed by atoms with Crippen molar-refractivity contribution in [1.82, 2.24) is 5.32 Å². The molecule has 0 saturated carbocycles. The van der Waals surface area contributed by atoms with Gasteiger partial charge in [-0.25, -0.2) is 4.39 Å². The molecule has 1 aromatic rings. The van der Waals surface area contributed by atoms with E-state index >= 15 is 0 Å². The molecule has 0 radical (unpaired) electrons. The summed E-state index contributed by atoms with van der Waals surface area (Å²) in [4.78, 5) is 25.4. The number of amides is 2. The summed E-state index contributed by atoms with van der Waals surface area (Å²) in [6.45, 7) is 3.48. The van der Waals surface area contributed by atoms with Crippen LogP contribution in [0.1, 0.15) is 20.3 Å². The van der Waals surface area contributed by atoms with Gasteiger partial charge in [0, 0.05) is 5.69 Å². The average molecular weight is 250 g/mol. The van der Waals surface area contributed by atoms with Crippen LogP contribution in [-0.2, 0) is 9.59 Å². The number of nitrogens with one attached hydrogen (secondary N) is 1. The quantitative estimate of drug-likeness (QED) is 0.863. The first-order valence-electron chi connectivity index (χ1n) is 5.93. The van der Waals surface area contributed by atoms with Crippen LogP contribution < -0.4 is 10.2 Å². The van der Waals surface area contributed by atoms with Crippen molar-refractivity contribution in [2.75, 3.05) is 4.90 Å². The number of anilines is 1. The molecular formula is C13H15FN2O2. The van der Waals surface area contributed by atoms with Crippen molar-refractivity contribution in [3.63, 3.8) is 0 Å². The molecule has 2 rings (SSSR count). The fourth-order valence-corrected chi connectivity index (χ4v) is 2.13. The lowest BCUT2D eigenvalue weighted by Gasteiger charge is -2.37. The SMILES string of the molecule is CCC1C(=O)NC(C)C(=O)N1c1ccc(F)cc1. The maximum absolute atomic E-state index is 12.9. The number of hydrogen-bond donors (Lipinski definition) is 1. The van der Waals surface area contributed by atoms with Crippen molar-refractivity contribution in [2.24, 2.45) is 0 Å². The molecule has 4 nitrogen and oxygen atoms in total. The Kier molecular flexibility index (Phi) is 3.32. The fourth-order valence-electron chi connectivity index (χ4n) is 2.13. The van der Waals surface area contributed by atoms with Gasteiger partial charge < -0.3 is 5.32 Å². The highest BCUT2D eigenvalue weighted by molar-refractivity contribution is 6.08. The third-order valence-electron chi connectivity index (χ3n) is 3.07. The standard InChI is InChI=1S/C13H15FN2O2/c1-3-11-12(17)15-8(2)13(18)16(11)10-6-4-9(14)5-7-10/h4-8,11H,3H2,1-2H3,(H,15,17). The number of carbonyl (C=O) groups is 2. The summed E-state index contributed by atoms with van der Waals surface area (Å²) < 4.78 is 12.9. The van der Waals surface area contributed by atoms with Gasteiger partial charge >= 0.3 is 0 Å². The summed E-state index contributed by atoms with van der Waals surface area (Å²) in [5, 5.41) is 2.64. The Morgan fingerprint density at radius 3 is 2.44 bits per heavy atom. The molecule has 18 heavy (non-hydrogen) atoms. The van der Waals surface area contributed by atoms with Crippen LogP contribution in [0.15, 0.2) is 24.3 Å². The van der Waals surface area contributed by atoms with E-state index in [0.29, 0.717) is 12.1 Å². The number of halogens is 1. The zero-order chi connectivity index (χ0) is 13.3. The van der Waals surface area contributed by atoms with Crippen LogP contribution >= 0.6 is 0 Å². The minimum atomic E-state index is -0.551. The van der Waals surface area contributed by atoms with Crippen molar-refractivity contribution < 1.29 is 14.0 Å². The molecule has 2 atom stereocenters. The lowest BCUT2D eigenvalue weighted by molar-refractivity contribution is -0.133. The van der Waals surface area contributed by atoms with Gasteiger partial charge in [-0.2, -0.15) is 0 Å². The highest BCUT2D eigenvalue weighted by Gasteiger charge is 2.38. The first kappa shape index (κ1) is 12.5. The molecule has 0 spiro atoms. The summed E-state index contributed by atoms with van der Waals surface area (Å²) in [7, 11) is 0. The number of rotatable bonds is 2. The second kappa shape index (κ2) is 4.76. The van der Waals surface area contributed by atoms with Crippen molar-refractivity contribution in [3.05, 3.63) is 30.1 Å². The van der Waals surface area contributed by atoms with Gasteiger partial charge in [-0.05, 0) is 37.6 Å².